The fourth-order valence-electron chi connectivity index (χ4n) is 11.4. The van der Waals surface area contributed by atoms with Crippen molar-refractivity contribution in [1.29, 1.82) is 0 Å². The molecule has 0 saturated carbocycles. The van der Waals surface area contributed by atoms with Crippen LogP contribution in [0.5, 0.6) is 0 Å². The second-order valence-electron chi connectivity index (χ2n) is 28.2. The van der Waals surface area contributed by atoms with E-state index < -0.39 is 97.5 Å². The summed E-state index contributed by atoms with van der Waals surface area (Å²) in [5, 5.41) is 10.6. The van der Waals surface area contributed by atoms with Gasteiger partial charge in [0.1, 0.15) is 19.3 Å². The van der Waals surface area contributed by atoms with E-state index in [2.05, 4.69) is 48.5 Å². The number of phosphoric ester groups is 2. The highest BCUT2D eigenvalue weighted by molar-refractivity contribution is 7.47. The molecule has 94 heavy (non-hydrogen) atoms. The molecule has 0 radical (unpaired) electrons. The first-order valence-electron chi connectivity index (χ1n) is 38.9. The molecule has 0 heterocycles. The van der Waals surface area contributed by atoms with Crippen molar-refractivity contribution in [3.63, 3.8) is 0 Å². The van der Waals surface area contributed by atoms with Crippen LogP contribution in [0.2, 0.25) is 0 Å². The van der Waals surface area contributed by atoms with Crippen molar-refractivity contribution in [2.45, 2.75) is 401 Å². The van der Waals surface area contributed by atoms with Gasteiger partial charge in [-0.1, -0.05) is 331 Å². The Morgan fingerprint density at radius 1 is 0.309 bits per heavy atom. The van der Waals surface area contributed by atoms with Gasteiger partial charge in [-0.15, -0.1) is 0 Å². The first kappa shape index (κ1) is 92.1. The van der Waals surface area contributed by atoms with Crippen molar-refractivity contribution in [3.8, 4) is 0 Å². The third kappa shape index (κ3) is 67.3. The zero-order valence-electron chi connectivity index (χ0n) is 61.4. The van der Waals surface area contributed by atoms with Crippen molar-refractivity contribution in [3.05, 3.63) is 0 Å². The maximum Gasteiger partial charge on any atom is 0.472 e. The van der Waals surface area contributed by atoms with Crippen LogP contribution >= 0.6 is 15.6 Å². The highest BCUT2D eigenvalue weighted by atomic mass is 31.2. The number of rotatable bonds is 73. The predicted molar refractivity (Wildman–Crippen MR) is 381 cm³/mol. The molecule has 0 aliphatic heterocycles. The molecular formula is C75H146O17P2. The number of hydrogen-bond acceptors (Lipinski definition) is 15. The van der Waals surface area contributed by atoms with E-state index in [9.17, 15) is 43.2 Å². The van der Waals surface area contributed by atoms with E-state index in [1.807, 2.05) is 0 Å². The number of unbranched alkanes of at least 4 members (excludes halogenated alkanes) is 40. The number of esters is 4. The number of carbonyl (C=O) groups excluding carboxylic acids is 4. The summed E-state index contributed by atoms with van der Waals surface area (Å²) >= 11 is 0. The van der Waals surface area contributed by atoms with Crippen LogP contribution in [0.25, 0.3) is 0 Å². The first-order valence-corrected chi connectivity index (χ1v) is 41.9. The highest BCUT2D eigenvalue weighted by Gasteiger charge is 2.30. The van der Waals surface area contributed by atoms with Crippen molar-refractivity contribution >= 4 is 39.5 Å². The second kappa shape index (κ2) is 65.7. The lowest BCUT2D eigenvalue weighted by Crippen LogP contribution is -2.30. The minimum atomic E-state index is -4.96. The van der Waals surface area contributed by atoms with E-state index in [1.165, 1.54) is 186 Å². The Hall–Kier alpha value is -1.94. The predicted octanol–water partition coefficient (Wildman–Crippen LogP) is 21.8. The van der Waals surface area contributed by atoms with E-state index in [-0.39, 0.29) is 25.7 Å². The van der Waals surface area contributed by atoms with E-state index >= 15 is 0 Å². The lowest BCUT2D eigenvalue weighted by atomic mass is 9.99. The summed E-state index contributed by atoms with van der Waals surface area (Å²) in [5.74, 6) is 0.157. The van der Waals surface area contributed by atoms with Crippen LogP contribution in [0, 0.1) is 17.8 Å². The van der Waals surface area contributed by atoms with E-state index in [1.54, 1.807) is 0 Å². The maximum absolute atomic E-state index is 13.1. The van der Waals surface area contributed by atoms with Crippen molar-refractivity contribution < 1.29 is 80.2 Å². The summed E-state index contributed by atoms with van der Waals surface area (Å²) in [7, 11) is -9.91. The second-order valence-corrected chi connectivity index (χ2v) is 31.1. The Balaban J connectivity index is 5.25. The summed E-state index contributed by atoms with van der Waals surface area (Å²) in [5.41, 5.74) is 0. The Morgan fingerprint density at radius 2 is 0.543 bits per heavy atom. The Labute approximate surface area is 575 Å². The Bertz CT molecular complexity index is 1840. The third-order valence-electron chi connectivity index (χ3n) is 17.7. The zero-order chi connectivity index (χ0) is 69.4. The molecule has 19 heteroatoms. The van der Waals surface area contributed by atoms with Gasteiger partial charge in [-0.05, 0) is 43.4 Å². The van der Waals surface area contributed by atoms with Crippen molar-refractivity contribution in [1.82, 2.24) is 0 Å². The molecule has 0 fully saturated rings. The molecule has 0 amide bonds. The van der Waals surface area contributed by atoms with Gasteiger partial charge in [0, 0.05) is 25.7 Å². The van der Waals surface area contributed by atoms with Crippen molar-refractivity contribution in [2.75, 3.05) is 39.6 Å². The average molecular weight is 1380 g/mol. The minimum Gasteiger partial charge on any atom is -0.462 e. The third-order valence-corrected chi connectivity index (χ3v) is 19.6. The summed E-state index contributed by atoms with van der Waals surface area (Å²) in [6.07, 6.45) is 51.3. The van der Waals surface area contributed by atoms with Gasteiger partial charge in [-0.3, -0.25) is 37.3 Å². The maximum atomic E-state index is 13.1. The van der Waals surface area contributed by atoms with Gasteiger partial charge in [0.05, 0.1) is 26.4 Å². The quantitative estimate of drug-likeness (QED) is 0.0222. The molecule has 0 aromatic rings. The molecule has 3 unspecified atom stereocenters. The van der Waals surface area contributed by atoms with Crippen LogP contribution in [0.4, 0.5) is 0 Å². The van der Waals surface area contributed by atoms with Gasteiger partial charge in [-0.2, -0.15) is 0 Å². The van der Waals surface area contributed by atoms with Gasteiger partial charge in [0.2, 0.25) is 0 Å². The number of aliphatic hydroxyl groups excluding tert-OH is 1. The molecule has 0 bridgehead atoms. The molecule has 0 aliphatic rings. The van der Waals surface area contributed by atoms with E-state index in [0.717, 1.165) is 108 Å². The molecular weight excluding hydrogens is 1230 g/mol. The largest absolute Gasteiger partial charge is 0.472 e. The number of carbonyl (C=O) groups is 4. The van der Waals surface area contributed by atoms with E-state index in [4.69, 9.17) is 37.0 Å². The lowest BCUT2D eigenvalue weighted by Gasteiger charge is -2.21. The molecule has 0 saturated heterocycles. The molecule has 0 rings (SSSR count). The van der Waals surface area contributed by atoms with Crippen LogP contribution in [0.15, 0.2) is 0 Å². The van der Waals surface area contributed by atoms with Crippen LogP contribution in [0.3, 0.4) is 0 Å². The van der Waals surface area contributed by atoms with Gasteiger partial charge in [-0.25, -0.2) is 9.13 Å². The summed E-state index contributed by atoms with van der Waals surface area (Å²) in [6, 6.07) is 0. The van der Waals surface area contributed by atoms with Crippen molar-refractivity contribution in [2.24, 2.45) is 17.8 Å². The summed E-state index contributed by atoms with van der Waals surface area (Å²) in [4.78, 5) is 72.8. The number of phosphoric acid groups is 2. The molecule has 0 aromatic heterocycles. The number of hydrogen-bond donors (Lipinski definition) is 3. The number of aliphatic hydroxyl groups is 1. The van der Waals surface area contributed by atoms with Crippen LogP contribution in [-0.2, 0) is 65.4 Å². The SMILES string of the molecule is CCCCCCCCCCCCCCCCC(=O)OC[C@H](COP(=O)(O)OC[C@@H](O)COP(=O)(O)OC[C@@H](COC(=O)CCCCCCCCCC(C)C)OC(=O)CCCCCCCCCCC(C)CC)OC(=O)CCCCCCCCCCCCCCCCCC(C)C. The molecule has 558 valence electrons. The zero-order valence-corrected chi connectivity index (χ0v) is 63.2. The van der Waals surface area contributed by atoms with Gasteiger partial charge in [0.15, 0.2) is 12.2 Å². The molecule has 3 N–H and O–H groups in total. The molecule has 0 spiro atoms. The molecule has 0 aromatic carbocycles. The van der Waals surface area contributed by atoms with Gasteiger partial charge < -0.3 is 33.8 Å². The smallest absolute Gasteiger partial charge is 0.462 e. The number of ether oxygens (including phenoxy) is 4. The minimum absolute atomic E-state index is 0.104. The Morgan fingerprint density at radius 3 is 0.809 bits per heavy atom. The summed E-state index contributed by atoms with van der Waals surface area (Å²) in [6.45, 7) is 11.9. The highest BCUT2D eigenvalue weighted by Crippen LogP contribution is 2.45. The average Bonchev–Trinajstić information content (AvgIpc) is 1.98. The topological polar surface area (TPSA) is 237 Å². The van der Waals surface area contributed by atoms with Gasteiger partial charge in [0.25, 0.3) is 0 Å². The fraction of sp³-hybridized carbons (Fsp3) is 0.947. The molecule has 17 nitrogen and oxygen atoms in total. The first-order chi connectivity index (χ1) is 45.3. The van der Waals surface area contributed by atoms with Crippen LogP contribution < -0.4 is 0 Å². The van der Waals surface area contributed by atoms with Crippen LogP contribution in [0.1, 0.15) is 382 Å². The molecule has 6 atom stereocenters. The van der Waals surface area contributed by atoms with Crippen LogP contribution in [-0.4, -0.2) is 96.7 Å². The molecule has 0 aliphatic carbocycles. The van der Waals surface area contributed by atoms with Gasteiger partial charge >= 0.3 is 39.5 Å². The Kier molecular flexibility index (Phi) is 64.3. The normalized spacial score (nSPS) is 14.4. The lowest BCUT2D eigenvalue weighted by molar-refractivity contribution is -0.161. The standard InChI is InChI=1S/C75H146O17P2/c1-8-10-11-12-13-14-15-16-21-24-27-35-42-49-56-72(77)85-62-70(91-74(79)58-51-44-36-28-25-22-19-17-18-20-23-26-32-39-46-53-66(3)4)64-89-93(81,82)87-60-69(76)61-88-94(83,84)90-65-71(63-86-73(78)57-50-43-38-31-33-40-47-54-67(5)6)92-75(80)59-52-45-37-30-29-34-41-48-55-68(7)9-2/h66-71,76H,8-65H2,1-7H3,(H,81,82)(H,83,84)/t68?,69-,70-,71-/m1/s1. The summed E-state index contributed by atoms with van der Waals surface area (Å²) < 4.78 is 68.5. The fourth-order valence-corrected chi connectivity index (χ4v) is 13.0. The van der Waals surface area contributed by atoms with E-state index in [0.29, 0.717) is 31.6 Å². The monoisotopic (exact) mass is 1380 g/mol.